The number of aryl methyl sites for hydroxylation is 2. The third-order valence-corrected chi connectivity index (χ3v) is 4.33. The summed E-state index contributed by atoms with van der Waals surface area (Å²) in [6.07, 6.45) is 0. The van der Waals surface area contributed by atoms with Crippen LogP contribution in [-0.4, -0.2) is 9.55 Å². The first-order valence-corrected chi connectivity index (χ1v) is 7.95. The Hall–Kier alpha value is -2.94. The van der Waals surface area contributed by atoms with Crippen molar-refractivity contribution in [3.05, 3.63) is 83.7 Å². The normalized spacial score (nSPS) is 11.1. The monoisotopic (exact) mass is 316 g/mol. The molecule has 0 spiro atoms. The van der Waals surface area contributed by atoms with Crippen LogP contribution >= 0.6 is 0 Å². The number of nitrogens with zero attached hydrogens (tertiary/aromatic N) is 2. The summed E-state index contributed by atoms with van der Waals surface area (Å²) in [6.45, 7) is 4.21. The lowest BCUT2D eigenvalue weighted by Crippen LogP contribution is -2.02. The molecule has 3 heteroatoms. The zero-order valence-electron chi connectivity index (χ0n) is 13.6. The first-order chi connectivity index (χ1) is 11.6. The standard InChI is InChI=1S/C21H17FN2/c1-14-6-5-7-15(2)20(14)24-19-9-4-3-8-18(19)23-21(24)16-10-12-17(22)13-11-16/h3-13H,1-2H3. The zero-order chi connectivity index (χ0) is 16.7. The molecular weight excluding hydrogens is 299 g/mol. The average molecular weight is 316 g/mol. The van der Waals surface area contributed by atoms with E-state index in [-0.39, 0.29) is 5.82 Å². The van der Waals surface area contributed by atoms with Gasteiger partial charge in [-0.25, -0.2) is 9.37 Å². The van der Waals surface area contributed by atoms with Crippen LogP contribution in [0.15, 0.2) is 66.7 Å². The van der Waals surface area contributed by atoms with Gasteiger partial charge >= 0.3 is 0 Å². The SMILES string of the molecule is Cc1cccc(C)c1-n1c(-c2ccc(F)cc2)nc2ccccc21. The number of benzene rings is 3. The van der Waals surface area contributed by atoms with Crippen molar-refractivity contribution < 1.29 is 4.39 Å². The summed E-state index contributed by atoms with van der Waals surface area (Å²) in [5.74, 6) is 0.585. The van der Waals surface area contributed by atoms with Crippen molar-refractivity contribution >= 4 is 11.0 Å². The molecule has 4 rings (SSSR count). The second-order valence-corrected chi connectivity index (χ2v) is 6.01. The molecule has 0 aliphatic rings. The van der Waals surface area contributed by atoms with E-state index in [1.807, 2.05) is 18.2 Å². The molecule has 0 saturated carbocycles. The van der Waals surface area contributed by atoms with Crippen LogP contribution in [0.5, 0.6) is 0 Å². The molecule has 0 radical (unpaired) electrons. The minimum Gasteiger partial charge on any atom is -0.292 e. The maximum Gasteiger partial charge on any atom is 0.145 e. The topological polar surface area (TPSA) is 17.8 Å². The third kappa shape index (κ3) is 2.29. The fourth-order valence-electron chi connectivity index (χ4n) is 3.20. The van der Waals surface area contributed by atoms with Crippen molar-refractivity contribution in [1.29, 1.82) is 0 Å². The van der Waals surface area contributed by atoms with Gasteiger partial charge in [0, 0.05) is 5.56 Å². The van der Waals surface area contributed by atoms with Gasteiger partial charge in [-0.15, -0.1) is 0 Å². The molecule has 0 bridgehead atoms. The van der Waals surface area contributed by atoms with Gasteiger partial charge in [0.1, 0.15) is 11.6 Å². The van der Waals surface area contributed by atoms with E-state index in [1.165, 1.54) is 23.3 Å². The van der Waals surface area contributed by atoms with Gasteiger partial charge in [-0.1, -0.05) is 30.3 Å². The summed E-state index contributed by atoms with van der Waals surface area (Å²) in [5, 5.41) is 0. The molecular formula is C21H17FN2. The lowest BCUT2D eigenvalue weighted by Gasteiger charge is -2.15. The van der Waals surface area contributed by atoms with Gasteiger partial charge in [-0.2, -0.15) is 0 Å². The Balaban J connectivity index is 2.10. The molecule has 0 fully saturated rings. The van der Waals surface area contributed by atoms with E-state index in [9.17, 15) is 4.39 Å². The fraction of sp³-hybridized carbons (Fsp3) is 0.0952. The van der Waals surface area contributed by atoms with Crippen molar-refractivity contribution in [1.82, 2.24) is 9.55 Å². The van der Waals surface area contributed by atoms with Crippen LogP contribution in [0.2, 0.25) is 0 Å². The maximum absolute atomic E-state index is 13.3. The summed E-state index contributed by atoms with van der Waals surface area (Å²) in [4.78, 5) is 4.81. The van der Waals surface area contributed by atoms with E-state index >= 15 is 0 Å². The van der Waals surface area contributed by atoms with Crippen LogP contribution in [0.1, 0.15) is 11.1 Å². The Kier molecular flexibility index (Phi) is 3.42. The molecule has 2 nitrogen and oxygen atoms in total. The van der Waals surface area contributed by atoms with E-state index in [0.717, 1.165) is 28.1 Å². The number of fused-ring (bicyclic) bond motifs is 1. The Morgan fingerprint density at radius 2 is 1.46 bits per heavy atom. The number of halogens is 1. The molecule has 24 heavy (non-hydrogen) atoms. The molecule has 118 valence electrons. The predicted molar refractivity (Wildman–Crippen MR) is 95.9 cm³/mol. The maximum atomic E-state index is 13.3. The third-order valence-electron chi connectivity index (χ3n) is 4.33. The van der Waals surface area contributed by atoms with Crippen molar-refractivity contribution in [2.24, 2.45) is 0 Å². The van der Waals surface area contributed by atoms with Gasteiger partial charge in [0.05, 0.1) is 16.7 Å². The first-order valence-electron chi connectivity index (χ1n) is 7.95. The molecule has 4 aromatic rings. The van der Waals surface area contributed by atoms with Crippen molar-refractivity contribution in [3.8, 4) is 17.1 Å². The predicted octanol–water partition coefficient (Wildman–Crippen LogP) is 5.45. The number of rotatable bonds is 2. The van der Waals surface area contributed by atoms with Gasteiger partial charge in [-0.05, 0) is 61.4 Å². The highest BCUT2D eigenvalue weighted by Gasteiger charge is 2.16. The zero-order valence-corrected chi connectivity index (χ0v) is 13.6. The van der Waals surface area contributed by atoms with Crippen LogP contribution < -0.4 is 0 Å². The fourth-order valence-corrected chi connectivity index (χ4v) is 3.20. The van der Waals surface area contributed by atoms with Crippen LogP contribution in [0.4, 0.5) is 4.39 Å². The van der Waals surface area contributed by atoms with Gasteiger partial charge in [0.25, 0.3) is 0 Å². The molecule has 3 aromatic carbocycles. The van der Waals surface area contributed by atoms with Gasteiger partial charge in [0.2, 0.25) is 0 Å². The summed E-state index contributed by atoms with van der Waals surface area (Å²) in [6, 6.07) is 20.9. The second-order valence-electron chi connectivity index (χ2n) is 6.01. The largest absolute Gasteiger partial charge is 0.292 e. The van der Waals surface area contributed by atoms with E-state index in [2.05, 4.69) is 42.7 Å². The Morgan fingerprint density at radius 3 is 2.17 bits per heavy atom. The Morgan fingerprint density at radius 1 is 0.792 bits per heavy atom. The molecule has 0 atom stereocenters. The van der Waals surface area contributed by atoms with Gasteiger partial charge < -0.3 is 0 Å². The van der Waals surface area contributed by atoms with Crippen molar-refractivity contribution in [2.45, 2.75) is 13.8 Å². The molecule has 1 heterocycles. The van der Waals surface area contributed by atoms with Crippen LogP contribution in [0, 0.1) is 19.7 Å². The number of hydrogen-bond acceptors (Lipinski definition) is 1. The van der Waals surface area contributed by atoms with Crippen LogP contribution in [-0.2, 0) is 0 Å². The van der Waals surface area contributed by atoms with Crippen LogP contribution in [0.25, 0.3) is 28.1 Å². The van der Waals surface area contributed by atoms with E-state index in [0.29, 0.717) is 0 Å². The summed E-state index contributed by atoms with van der Waals surface area (Å²) in [7, 11) is 0. The molecule has 0 aliphatic carbocycles. The number of para-hydroxylation sites is 3. The quantitative estimate of drug-likeness (QED) is 0.481. The lowest BCUT2D eigenvalue weighted by atomic mass is 10.1. The number of aromatic nitrogens is 2. The Labute approximate surface area is 140 Å². The average Bonchev–Trinajstić information content (AvgIpc) is 2.95. The van der Waals surface area contributed by atoms with Gasteiger partial charge in [-0.3, -0.25) is 4.57 Å². The van der Waals surface area contributed by atoms with E-state index in [4.69, 9.17) is 4.98 Å². The molecule has 0 saturated heterocycles. The molecule has 0 N–H and O–H groups in total. The minimum absolute atomic E-state index is 0.242. The highest BCUT2D eigenvalue weighted by Crippen LogP contribution is 2.31. The number of imidazole rings is 1. The van der Waals surface area contributed by atoms with Crippen molar-refractivity contribution in [2.75, 3.05) is 0 Å². The number of hydrogen-bond donors (Lipinski definition) is 0. The summed E-state index contributed by atoms with van der Waals surface area (Å²) >= 11 is 0. The molecule has 0 aliphatic heterocycles. The highest BCUT2D eigenvalue weighted by atomic mass is 19.1. The van der Waals surface area contributed by atoms with Gasteiger partial charge in [0.15, 0.2) is 0 Å². The summed E-state index contributed by atoms with van der Waals surface area (Å²) in [5.41, 5.74) is 6.37. The lowest BCUT2D eigenvalue weighted by molar-refractivity contribution is 0.628. The molecule has 0 unspecified atom stereocenters. The smallest absolute Gasteiger partial charge is 0.145 e. The summed E-state index contributed by atoms with van der Waals surface area (Å²) < 4.78 is 15.5. The highest BCUT2D eigenvalue weighted by molar-refractivity contribution is 5.84. The van der Waals surface area contributed by atoms with Crippen LogP contribution in [0.3, 0.4) is 0 Å². The second kappa shape index (κ2) is 5.60. The first kappa shape index (κ1) is 14.6. The van der Waals surface area contributed by atoms with Crippen molar-refractivity contribution in [3.63, 3.8) is 0 Å². The Bertz CT molecular complexity index is 1010. The molecule has 1 aromatic heterocycles. The van der Waals surface area contributed by atoms with E-state index in [1.54, 1.807) is 12.1 Å². The molecule has 0 amide bonds. The minimum atomic E-state index is -0.242. The van der Waals surface area contributed by atoms with E-state index < -0.39 is 0 Å².